The minimum atomic E-state index is -1.56. The predicted molar refractivity (Wildman–Crippen MR) is 67.2 cm³/mol. The molecular weight excluding hydrogens is 282 g/mol. The number of amides is 1. The lowest BCUT2D eigenvalue weighted by Gasteiger charge is -2.25. The highest BCUT2D eigenvalue weighted by molar-refractivity contribution is 5.91. The van der Waals surface area contributed by atoms with Crippen molar-refractivity contribution in [3.05, 3.63) is 12.2 Å². The second-order valence-electron chi connectivity index (χ2n) is 5.34. The number of hydrogen-bond donors (Lipinski definition) is 4. The second-order valence-corrected chi connectivity index (χ2v) is 5.34. The zero-order valence-electron chi connectivity index (χ0n) is 10.9. The summed E-state index contributed by atoms with van der Waals surface area (Å²) in [5.74, 6) is -6.85. The summed E-state index contributed by atoms with van der Waals surface area (Å²) in [6.07, 6.45) is 3.32. The number of carboxylic acids is 3. The number of aliphatic carboxylic acids is 3. The summed E-state index contributed by atoms with van der Waals surface area (Å²) in [5.41, 5.74) is 0. The maximum atomic E-state index is 12.2. The molecular formula is C13H15NO7. The van der Waals surface area contributed by atoms with Crippen LogP contribution in [-0.2, 0) is 19.2 Å². The van der Waals surface area contributed by atoms with Crippen LogP contribution in [0.5, 0.6) is 0 Å². The van der Waals surface area contributed by atoms with Crippen molar-refractivity contribution in [1.82, 2.24) is 5.32 Å². The molecule has 0 aliphatic heterocycles. The van der Waals surface area contributed by atoms with Crippen molar-refractivity contribution in [3.63, 3.8) is 0 Å². The van der Waals surface area contributed by atoms with Gasteiger partial charge in [0, 0.05) is 0 Å². The van der Waals surface area contributed by atoms with Gasteiger partial charge in [0.2, 0.25) is 5.91 Å². The summed E-state index contributed by atoms with van der Waals surface area (Å²) in [6, 6.07) is -1.56. The third-order valence-corrected chi connectivity index (χ3v) is 4.04. The zero-order valence-corrected chi connectivity index (χ0v) is 10.9. The molecule has 0 aromatic rings. The molecule has 2 rings (SSSR count). The van der Waals surface area contributed by atoms with E-state index in [2.05, 4.69) is 5.32 Å². The summed E-state index contributed by atoms with van der Waals surface area (Å²) in [4.78, 5) is 45.0. The molecule has 2 aliphatic rings. The molecule has 0 aromatic carbocycles. The van der Waals surface area contributed by atoms with Gasteiger partial charge in [0.15, 0.2) is 0 Å². The first-order chi connectivity index (χ1) is 9.81. The fraction of sp³-hybridized carbons (Fsp3) is 0.538. The average molecular weight is 297 g/mol. The van der Waals surface area contributed by atoms with Gasteiger partial charge in [0.25, 0.3) is 0 Å². The van der Waals surface area contributed by atoms with Crippen molar-refractivity contribution in [1.29, 1.82) is 0 Å². The number of carbonyl (C=O) groups excluding carboxylic acids is 1. The van der Waals surface area contributed by atoms with E-state index >= 15 is 0 Å². The Labute approximate surface area is 119 Å². The van der Waals surface area contributed by atoms with Crippen LogP contribution in [0.2, 0.25) is 0 Å². The van der Waals surface area contributed by atoms with E-state index in [4.69, 9.17) is 10.2 Å². The normalized spacial score (nSPS) is 30.9. The molecule has 0 aromatic heterocycles. The average Bonchev–Trinajstić information content (AvgIpc) is 2.96. The van der Waals surface area contributed by atoms with E-state index in [1.54, 1.807) is 12.2 Å². The molecule has 2 bridgehead atoms. The van der Waals surface area contributed by atoms with Crippen molar-refractivity contribution >= 4 is 23.8 Å². The number of hydrogen-bond acceptors (Lipinski definition) is 4. The van der Waals surface area contributed by atoms with Crippen LogP contribution in [0.25, 0.3) is 0 Å². The molecule has 1 saturated carbocycles. The Morgan fingerprint density at radius 3 is 2.10 bits per heavy atom. The molecule has 0 heterocycles. The number of carboxylic acid groups (broad SMARTS) is 3. The lowest BCUT2D eigenvalue weighted by Crippen LogP contribution is -2.48. The van der Waals surface area contributed by atoms with E-state index in [-0.39, 0.29) is 11.8 Å². The Hall–Kier alpha value is -2.38. The number of allylic oxidation sites excluding steroid dienone is 2. The molecule has 8 heteroatoms. The second kappa shape index (κ2) is 5.55. The van der Waals surface area contributed by atoms with Crippen LogP contribution >= 0.6 is 0 Å². The van der Waals surface area contributed by atoms with Gasteiger partial charge in [-0.15, -0.1) is 0 Å². The number of nitrogens with one attached hydrogen (secondary N) is 1. The molecule has 0 spiro atoms. The van der Waals surface area contributed by atoms with Crippen LogP contribution in [0.3, 0.4) is 0 Å². The molecule has 1 amide bonds. The van der Waals surface area contributed by atoms with E-state index in [1.807, 2.05) is 0 Å². The summed E-state index contributed by atoms with van der Waals surface area (Å²) in [7, 11) is 0. The number of fused-ring (bicyclic) bond motifs is 2. The van der Waals surface area contributed by atoms with Gasteiger partial charge in [-0.2, -0.15) is 0 Å². The van der Waals surface area contributed by atoms with Crippen molar-refractivity contribution in [3.8, 4) is 0 Å². The van der Waals surface area contributed by atoms with Crippen molar-refractivity contribution in [2.45, 2.75) is 18.9 Å². The minimum Gasteiger partial charge on any atom is -0.481 e. The van der Waals surface area contributed by atoms with E-state index in [1.165, 1.54) is 0 Å². The van der Waals surface area contributed by atoms with Gasteiger partial charge in [-0.1, -0.05) is 12.2 Å². The zero-order chi connectivity index (χ0) is 15.7. The molecule has 0 unspecified atom stereocenters. The maximum absolute atomic E-state index is 12.2. The highest BCUT2D eigenvalue weighted by Crippen LogP contribution is 2.48. The first-order valence-electron chi connectivity index (χ1n) is 6.47. The highest BCUT2D eigenvalue weighted by Gasteiger charge is 2.52. The third kappa shape index (κ3) is 2.88. The first-order valence-corrected chi connectivity index (χ1v) is 6.47. The van der Waals surface area contributed by atoms with E-state index in [0.717, 1.165) is 0 Å². The summed E-state index contributed by atoms with van der Waals surface area (Å²) in [6.45, 7) is 0. The van der Waals surface area contributed by atoms with Crippen molar-refractivity contribution in [2.24, 2.45) is 23.7 Å². The largest absolute Gasteiger partial charge is 0.481 e. The highest BCUT2D eigenvalue weighted by atomic mass is 16.4. The molecule has 1 fully saturated rings. The van der Waals surface area contributed by atoms with Gasteiger partial charge < -0.3 is 20.6 Å². The van der Waals surface area contributed by atoms with Gasteiger partial charge in [-0.05, 0) is 18.3 Å². The summed E-state index contributed by atoms with van der Waals surface area (Å²) in [5, 5.41) is 28.9. The van der Waals surface area contributed by atoms with Crippen LogP contribution in [0.4, 0.5) is 0 Å². The quantitative estimate of drug-likeness (QED) is 0.487. The molecule has 114 valence electrons. The van der Waals surface area contributed by atoms with E-state index in [9.17, 15) is 24.3 Å². The maximum Gasteiger partial charge on any atom is 0.326 e. The topological polar surface area (TPSA) is 141 Å². The van der Waals surface area contributed by atoms with Gasteiger partial charge >= 0.3 is 17.9 Å². The van der Waals surface area contributed by atoms with Crippen molar-refractivity contribution < 1.29 is 34.5 Å². The van der Waals surface area contributed by atoms with Crippen LogP contribution in [-0.4, -0.2) is 45.2 Å². The van der Waals surface area contributed by atoms with Crippen LogP contribution in [0, 0.1) is 23.7 Å². The Kier molecular flexibility index (Phi) is 3.97. The Balaban J connectivity index is 2.11. The molecule has 5 atom stereocenters. The SMILES string of the molecule is O=C(O)C[C@H](NC(=O)[C@H]1[C@@H](C(=O)O)[C@@H]2C=C[C@H]1C2)C(=O)O. The Bertz CT molecular complexity index is 527. The van der Waals surface area contributed by atoms with Crippen molar-refractivity contribution in [2.75, 3.05) is 0 Å². The number of rotatable bonds is 6. The van der Waals surface area contributed by atoms with Gasteiger partial charge in [0.05, 0.1) is 18.3 Å². The lowest BCUT2D eigenvalue weighted by molar-refractivity contribution is -0.150. The Morgan fingerprint density at radius 2 is 1.62 bits per heavy atom. The van der Waals surface area contributed by atoms with Gasteiger partial charge in [-0.3, -0.25) is 14.4 Å². The predicted octanol–water partition coefficient (Wildman–Crippen LogP) is -0.447. The van der Waals surface area contributed by atoms with Crippen LogP contribution in [0.15, 0.2) is 12.2 Å². The monoisotopic (exact) mass is 297 g/mol. The third-order valence-electron chi connectivity index (χ3n) is 4.04. The summed E-state index contributed by atoms with van der Waals surface area (Å²) >= 11 is 0. The molecule has 21 heavy (non-hydrogen) atoms. The minimum absolute atomic E-state index is 0.231. The molecule has 0 radical (unpaired) electrons. The fourth-order valence-electron chi connectivity index (χ4n) is 3.16. The first kappa shape index (κ1) is 15.0. The number of carbonyl (C=O) groups is 4. The molecule has 0 saturated heterocycles. The van der Waals surface area contributed by atoms with E-state index < -0.39 is 48.1 Å². The smallest absolute Gasteiger partial charge is 0.326 e. The van der Waals surface area contributed by atoms with Crippen LogP contribution in [0.1, 0.15) is 12.8 Å². The molecule has 2 aliphatic carbocycles. The van der Waals surface area contributed by atoms with E-state index in [0.29, 0.717) is 6.42 Å². The molecule has 8 nitrogen and oxygen atoms in total. The standard InChI is InChI=1S/C13H15NO7/c15-8(16)4-7(12(18)19)14-11(17)9-5-1-2-6(3-5)10(9)13(20)21/h1-2,5-7,9-10H,3-4H2,(H,14,17)(H,15,16)(H,18,19)(H,20,21)/t5-,6+,7-,9+,10-/m0/s1. The van der Waals surface area contributed by atoms with Gasteiger partial charge in [-0.25, -0.2) is 4.79 Å². The Morgan fingerprint density at radius 1 is 1.05 bits per heavy atom. The fourth-order valence-corrected chi connectivity index (χ4v) is 3.16. The van der Waals surface area contributed by atoms with Crippen LogP contribution < -0.4 is 5.32 Å². The molecule has 4 N–H and O–H groups in total. The van der Waals surface area contributed by atoms with Gasteiger partial charge in [0.1, 0.15) is 6.04 Å². The summed E-state index contributed by atoms with van der Waals surface area (Å²) < 4.78 is 0. The lowest BCUT2D eigenvalue weighted by atomic mass is 9.82.